The molecule has 0 fully saturated rings. The third kappa shape index (κ3) is 7.55. The number of hydrogen-bond acceptors (Lipinski definition) is 6. The van der Waals surface area contributed by atoms with E-state index in [0.717, 1.165) is 71.9 Å². The Morgan fingerprint density at radius 2 is 0.981 bits per heavy atom. The van der Waals surface area contributed by atoms with E-state index in [1.165, 1.54) is 0 Å². The Kier molecular flexibility index (Phi) is 11.9. The number of cyclic esters (lactones) is 1. The molecule has 0 atom stereocenters. The fourth-order valence-electron chi connectivity index (χ4n) is 6.98. The molecule has 10 heteroatoms. The highest BCUT2D eigenvalue weighted by molar-refractivity contribution is 9.15. The van der Waals surface area contributed by atoms with E-state index in [2.05, 4.69) is 136 Å². The topological polar surface area (TPSA) is 51.2 Å². The number of hydrogen-bond donors (Lipinski definition) is 0. The Morgan fingerprint density at radius 3 is 1.35 bits per heavy atom. The quantitative estimate of drug-likeness (QED) is 0.0790. The van der Waals surface area contributed by atoms with E-state index in [0.29, 0.717) is 24.5 Å². The molecule has 0 N–H and O–H groups in total. The molecule has 5 aromatic rings. The number of halogens is 4. The molecule has 0 saturated heterocycles. The average molecular weight is 980 g/mol. The molecule has 0 amide bonds. The predicted molar refractivity (Wildman–Crippen MR) is 235 cm³/mol. The highest BCUT2D eigenvalue weighted by atomic mass is 79.9. The van der Waals surface area contributed by atoms with Crippen molar-refractivity contribution in [3.05, 3.63) is 159 Å². The van der Waals surface area contributed by atoms with Crippen molar-refractivity contribution in [1.29, 1.82) is 0 Å². The predicted octanol–water partition coefficient (Wildman–Crippen LogP) is 12.1. The van der Waals surface area contributed by atoms with Gasteiger partial charge in [-0.1, -0.05) is 36.4 Å². The maximum Gasteiger partial charge on any atom is 0.341 e. The van der Waals surface area contributed by atoms with Gasteiger partial charge in [0.1, 0.15) is 11.5 Å². The summed E-state index contributed by atoms with van der Waals surface area (Å²) in [5, 5.41) is 0. The van der Waals surface area contributed by atoms with Gasteiger partial charge in [-0.2, -0.15) is 0 Å². The number of carbonyl (C=O) groups excluding carboxylic acids is 1. The van der Waals surface area contributed by atoms with Crippen molar-refractivity contribution in [2.75, 3.05) is 52.2 Å². The van der Waals surface area contributed by atoms with E-state index in [1.54, 1.807) is 14.2 Å². The van der Waals surface area contributed by atoms with E-state index in [1.807, 2.05) is 76.7 Å². The van der Waals surface area contributed by atoms with Crippen molar-refractivity contribution in [3.8, 4) is 11.5 Å². The van der Waals surface area contributed by atoms with Crippen LogP contribution in [0.3, 0.4) is 0 Å². The van der Waals surface area contributed by atoms with Crippen LogP contribution < -0.4 is 19.3 Å². The lowest BCUT2D eigenvalue weighted by molar-refractivity contribution is 0.0298. The zero-order valence-electron chi connectivity index (χ0n) is 31.3. The lowest BCUT2D eigenvalue weighted by Gasteiger charge is -2.28. The molecule has 6 rings (SSSR count). The SMILES string of the molecule is COc1ccc(C(=CC2(C=C(c3ccc(OC)cc3)c3ccc(N(C)C)c(C)c3)OC(=O)c3c(Br)c(Br)c(Br)c(Br)c32)c2ccc(N(C)C)c(C)c2)cc1. The highest BCUT2D eigenvalue weighted by Gasteiger charge is 2.48. The molecule has 0 aliphatic carbocycles. The van der Waals surface area contributed by atoms with Crippen LogP contribution in [-0.4, -0.2) is 48.4 Å². The molecule has 1 aliphatic heterocycles. The summed E-state index contributed by atoms with van der Waals surface area (Å²) >= 11 is 15.1. The number of rotatable bonds is 10. The Morgan fingerprint density at radius 1 is 0.593 bits per heavy atom. The first-order valence-electron chi connectivity index (χ1n) is 17.1. The first-order chi connectivity index (χ1) is 25.7. The lowest BCUT2D eigenvalue weighted by Crippen LogP contribution is -2.23. The van der Waals surface area contributed by atoms with Gasteiger partial charge in [0.2, 0.25) is 0 Å². The molecule has 5 aromatic carbocycles. The second-order valence-corrected chi connectivity index (χ2v) is 16.7. The fourth-order valence-corrected chi connectivity index (χ4v) is 9.57. The number of aryl methyl sites for hydroxylation is 2. The van der Waals surface area contributed by atoms with Gasteiger partial charge in [0.25, 0.3) is 0 Å². The van der Waals surface area contributed by atoms with Crippen molar-refractivity contribution in [2.45, 2.75) is 19.4 Å². The van der Waals surface area contributed by atoms with Gasteiger partial charge in [-0.3, -0.25) is 0 Å². The zero-order chi connectivity index (χ0) is 39.1. The van der Waals surface area contributed by atoms with E-state index < -0.39 is 11.6 Å². The highest BCUT2D eigenvalue weighted by Crippen LogP contribution is 2.54. The monoisotopic (exact) mass is 976 g/mol. The molecule has 0 unspecified atom stereocenters. The van der Waals surface area contributed by atoms with E-state index in [9.17, 15) is 4.79 Å². The summed E-state index contributed by atoms with van der Waals surface area (Å²) in [6, 6.07) is 28.7. The molecule has 1 heterocycles. The van der Waals surface area contributed by atoms with Crippen LogP contribution in [0.1, 0.15) is 49.3 Å². The smallest absolute Gasteiger partial charge is 0.341 e. The second-order valence-electron chi connectivity index (χ2n) is 13.6. The van der Waals surface area contributed by atoms with Gasteiger partial charge in [-0.05, 0) is 183 Å². The molecule has 0 radical (unpaired) electrons. The fraction of sp³-hybridized carbons (Fsp3) is 0.205. The molecule has 0 aromatic heterocycles. The van der Waals surface area contributed by atoms with Crippen molar-refractivity contribution >= 4 is 92.2 Å². The van der Waals surface area contributed by atoms with Crippen molar-refractivity contribution in [2.24, 2.45) is 0 Å². The molecule has 0 saturated carbocycles. The largest absolute Gasteiger partial charge is 0.497 e. The van der Waals surface area contributed by atoms with Gasteiger partial charge in [-0.25, -0.2) is 4.79 Å². The number of fused-ring (bicyclic) bond motifs is 1. The molecule has 1 aliphatic rings. The maximum absolute atomic E-state index is 14.3. The van der Waals surface area contributed by atoms with Gasteiger partial charge >= 0.3 is 5.97 Å². The van der Waals surface area contributed by atoms with Gasteiger partial charge in [0.05, 0.1) is 19.8 Å². The van der Waals surface area contributed by atoms with Crippen molar-refractivity contribution in [1.82, 2.24) is 0 Å². The summed E-state index contributed by atoms with van der Waals surface area (Å²) in [6.45, 7) is 4.21. The number of ether oxygens (including phenoxy) is 3. The third-order valence-corrected chi connectivity index (χ3v) is 14.4. The minimum Gasteiger partial charge on any atom is -0.497 e. The first-order valence-corrected chi connectivity index (χ1v) is 20.3. The Balaban J connectivity index is 1.77. The van der Waals surface area contributed by atoms with Crippen LogP contribution >= 0.6 is 63.7 Å². The second kappa shape index (κ2) is 16.1. The summed E-state index contributed by atoms with van der Waals surface area (Å²) in [5.41, 5.74) is 9.63. The summed E-state index contributed by atoms with van der Waals surface area (Å²) in [4.78, 5) is 18.5. The van der Waals surface area contributed by atoms with Gasteiger partial charge in [-0.15, -0.1) is 0 Å². The minimum atomic E-state index is -1.41. The number of carbonyl (C=O) groups is 1. The van der Waals surface area contributed by atoms with Gasteiger partial charge < -0.3 is 24.0 Å². The van der Waals surface area contributed by atoms with Crippen LogP contribution in [0.4, 0.5) is 11.4 Å². The first kappa shape index (κ1) is 39.9. The third-order valence-electron chi connectivity index (χ3n) is 9.62. The van der Waals surface area contributed by atoms with E-state index >= 15 is 0 Å². The van der Waals surface area contributed by atoms with Crippen LogP contribution in [0.5, 0.6) is 11.5 Å². The zero-order valence-corrected chi connectivity index (χ0v) is 37.6. The molecule has 278 valence electrons. The van der Waals surface area contributed by atoms with Gasteiger partial charge in [0, 0.05) is 63.0 Å². The van der Waals surface area contributed by atoms with Crippen LogP contribution in [-0.2, 0) is 10.3 Å². The van der Waals surface area contributed by atoms with E-state index in [-0.39, 0.29) is 0 Å². The Labute approximate surface area is 351 Å². The summed E-state index contributed by atoms with van der Waals surface area (Å²) in [5.74, 6) is 1.02. The van der Waals surface area contributed by atoms with Crippen LogP contribution in [0.25, 0.3) is 11.1 Å². The molecular formula is C44H40Br4N2O4. The lowest BCUT2D eigenvalue weighted by atomic mass is 9.82. The number of methoxy groups -OCH3 is 2. The Bertz CT molecular complexity index is 2190. The summed E-state index contributed by atoms with van der Waals surface area (Å²) in [7, 11) is 11.5. The molecule has 6 nitrogen and oxygen atoms in total. The standard InChI is InChI=1S/C44H40Br4N2O4/c1-25-21-29(13-19-35(25)49(3)4)33(27-9-15-31(52-7)16-10-27)23-44(38-37(43(51)54-44)39(45)41(47)42(48)40(38)46)24-34(28-11-17-32(53-8)18-12-28)30-14-20-36(50(5)6)26(2)22-30/h9-24H,1-8H3. The number of benzene rings is 5. The van der Waals surface area contributed by atoms with Crippen molar-refractivity contribution < 1.29 is 19.0 Å². The average Bonchev–Trinajstić information content (AvgIpc) is 3.45. The van der Waals surface area contributed by atoms with Crippen LogP contribution in [0.2, 0.25) is 0 Å². The minimum absolute atomic E-state index is 0.422. The molecule has 0 bridgehead atoms. The maximum atomic E-state index is 14.3. The Hall–Kier alpha value is -3.83. The molecule has 54 heavy (non-hydrogen) atoms. The van der Waals surface area contributed by atoms with Crippen LogP contribution in [0.15, 0.2) is 115 Å². The molecular weight excluding hydrogens is 940 g/mol. The number of esters is 1. The number of anilines is 2. The van der Waals surface area contributed by atoms with Crippen molar-refractivity contribution in [3.63, 3.8) is 0 Å². The summed E-state index contributed by atoms with van der Waals surface area (Å²) < 4.78 is 20.6. The number of nitrogens with zero attached hydrogens (tertiary/aromatic N) is 2. The summed E-state index contributed by atoms with van der Waals surface area (Å²) in [6.07, 6.45) is 4.15. The van der Waals surface area contributed by atoms with E-state index in [4.69, 9.17) is 14.2 Å². The normalized spacial score (nSPS) is 15.5. The van der Waals surface area contributed by atoms with Gasteiger partial charge in [0.15, 0.2) is 5.60 Å². The van der Waals surface area contributed by atoms with Crippen LogP contribution in [0, 0.1) is 13.8 Å². The molecule has 0 spiro atoms.